The van der Waals surface area contributed by atoms with Gasteiger partial charge in [-0.1, -0.05) is 19.1 Å². The van der Waals surface area contributed by atoms with Crippen molar-refractivity contribution in [2.75, 3.05) is 17.8 Å². The summed E-state index contributed by atoms with van der Waals surface area (Å²) in [4.78, 5) is 4.05. The summed E-state index contributed by atoms with van der Waals surface area (Å²) in [5.74, 6) is 0. The molecule has 0 bridgehead atoms. The van der Waals surface area contributed by atoms with E-state index in [0.717, 1.165) is 23.7 Å². The molecule has 0 saturated carbocycles. The minimum Gasteiger partial charge on any atom is -0.315 e. The topological polar surface area (TPSA) is 71.1 Å². The molecule has 1 aromatic heterocycles. The molecule has 0 fully saturated rings. The molecular formula is C15H21N3O2S. The first-order valence-corrected chi connectivity index (χ1v) is 8.64. The standard InChI is InChI=1S/C15H21N3O2S/c1-3-8-16-10-12(2)21(19,20)18-15-6-4-5-13-11-17-9-7-14(13)15/h4-7,9,11-12,16,18H,3,8,10H2,1-2H3. The van der Waals surface area contributed by atoms with E-state index in [1.807, 2.05) is 18.2 Å². The van der Waals surface area contributed by atoms with Gasteiger partial charge in [-0.25, -0.2) is 8.42 Å². The van der Waals surface area contributed by atoms with E-state index in [1.165, 1.54) is 0 Å². The lowest BCUT2D eigenvalue weighted by atomic mass is 10.1. The Kier molecular flexibility index (Phi) is 5.14. The highest BCUT2D eigenvalue weighted by atomic mass is 32.2. The molecule has 1 aromatic carbocycles. The summed E-state index contributed by atoms with van der Waals surface area (Å²) in [5, 5.41) is 4.40. The lowest BCUT2D eigenvalue weighted by Gasteiger charge is -2.16. The molecule has 1 atom stereocenters. The van der Waals surface area contributed by atoms with Crippen molar-refractivity contribution in [1.82, 2.24) is 10.3 Å². The van der Waals surface area contributed by atoms with Crippen LogP contribution in [0, 0.1) is 0 Å². The molecule has 2 N–H and O–H groups in total. The zero-order valence-electron chi connectivity index (χ0n) is 12.3. The van der Waals surface area contributed by atoms with Gasteiger partial charge in [-0.3, -0.25) is 9.71 Å². The summed E-state index contributed by atoms with van der Waals surface area (Å²) in [6.45, 7) is 5.02. The van der Waals surface area contributed by atoms with Crippen LogP contribution in [0.2, 0.25) is 0 Å². The summed E-state index contributed by atoms with van der Waals surface area (Å²) in [6.07, 6.45) is 4.36. The van der Waals surface area contributed by atoms with Gasteiger partial charge in [0.1, 0.15) is 0 Å². The van der Waals surface area contributed by atoms with Crippen molar-refractivity contribution in [1.29, 1.82) is 0 Å². The van der Waals surface area contributed by atoms with Gasteiger partial charge in [0.15, 0.2) is 0 Å². The lowest BCUT2D eigenvalue weighted by Crippen LogP contribution is -2.35. The average Bonchev–Trinajstić information content (AvgIpc) is 2.47. The van der Waals surface area contributed by atoms with Crippen LogP contribution in [0.3, 0.4) is 0 Å². The van der Waals surface area contributed by atoms with E-state index in [1.54, 1.807) is 25.4 Å². The van der Waals surface area contributed by atoms with Gasteiger partial charge in [0.25, 0.3) is 0 Å². The van der Waals surface area contributed by atoms with Gasteiger partial charge >= 0.3 is 0 Å². The summed E-state index contributed by atoms with van der Waals surface area (Å²) < 4.78 is 27.4. The maximum absolute atomic E-state index is 12.4. The van der Waals surface area contributed by atoms with Crippen molar-refractivity contribution in [2.24, 2.45) is 0 Å². The van der Waals surface area contributed by atoms with Crippen LogP contribution in [0.25, 0.3) is 10.8 Å². The molecule has 0 aliphatic carbocycles. The predicted octanol–water partition coefficient (Wildman–Crippen LogP) is 2.36. The number of benzene rings is 1. The second-order valence-corrected chi connectivity index (χ2v) is 7.16. The maximum atomic E-state index is 12.4. The van der Waals surface area contributed by atoms with Crippen molar-refractivity contribution in [2.45, 2.75) is 25.5 Å². The highest BCUT2D eigenvalue weighted by Gasteiger charge is 2.20. The fourth-order valence-electron chi connectivity index (χ4n) is 2.06. The fourth-order valence-corrected chi connectivity index (χ4v) is 3.08. The molecule has 1 heterocycles. The quantitative estimate of drug-likeness (QED) is 0.770. The molecule has 114 valence electrons. The van der Waals surface area contributed by atoms with E-state index in [-0.39, 0.29) is 0 Å². The van der Waals surface area contributed by atoms with Crippen molar-refractivity contribution in [3.05, 3.63) is 36.7 Å². The first kappa shape index (κ1) is 15.7. The van der Waals surface area contributed by atoms with Crippen LogP contribution in [-0.4, -0.2) is 31.7 Å². The Morgan fingerprint density at radius 1 is 1.29 bits per heavy atom. The molecular weight excluding hydrogens is 286 g/mol. The number of aromatic nitrogens is 1. The van der Waals surface area contributed by atoms with Crippen molar-refractivity contribution >= 4 is 26.5 Å². The Morgan fingerprint density at radius 2 is 2.10 bits per heavy atom. The van der Waals surface area contributed by atoms with Gasteiger partial charge in [0.2, 0.25) is 10.0 Å². The third-order valence-corrected chi connectivity index (χ3v) is 5.05. The van der Waals surface area contributed by atoms with Crippen molar-refractivity contribution in [3.63, 3.8) is 0 Å². The smallest absolute Gasteiger partial charge is 0.236 e. The zero-order valence-corrected chi connectivity index (χ0v) is 13.2. The van der Waals surface area contributed by atoms with E-state index in [9.17, 15) is 8.42 Å². The largest absolute Gasteiger partial charge is 0.315 e. The van der Waals surface area contributed by atoms with Crippen molar-refractivity contribution in [3.8, 4) is 0 Å². The van der Waals surface area contributed by atoms with Gasteiger partial charge in [0, 0.05) is 29.7 Å². The molecule has 5 nitrogen and oxygen atoms in total. The second-order valence-electron chi connectivity index (χ2n) is 5.06. The monoisotopic (exact) mass is 307 g/mol. The summed E-state index contributed by atoms with van der Waals surface area (Å²) in [5.41, 5.74) is 0.595. The molecule has 21 heavy (non-hydrogen) atoms. The van der Waals surface area contributed by atoms with E-state index in [0.29, 0.717) is 12.2 Å². The Labute approximate surface area is 125 Å². The molecule has 0 saturated heterocycles. The molecule has 0 spiro atoms. The van der Waals surface area contributed by atoms with Crippen LogP contribution in [0.1, 0.15) is 20.3 Å². The van der Waals surface area contributed by atoms with Crippen LogP contribution in [0.15, 0.2) is 36.7 Å². The van der Waals surface area contributed by atoms with Gasteiger partial charge in [-0.05, 0) is 32.0 Å². The van der Waals surface area contributed by atoms with Crippen LogP contribution in [0.4, 0.5) is 5.69 Å². The maximum Gasteiger partial charge on any atom is 0.236 e. The number of pyridine rings is 1. The van der Waals surface area contributed by atoms with Crippen molar-refractivity contribution < 1.29 is 8.42 Å². The van der Waals surface area contributed by atoms with E-state index < -0.39 is 15.3 Å². The number of nitrogens with one attached hydrogen (secondary N) is 2. The fraction of sp³-hybridized carbons (Fsp3) is 0.400. The summed E-state index contributed by atoms with van der Waals surface area (Å²) in [7, 11) is -3.42. The number of nitrogens with zero attached hydrogens (tertiary/aromatic N) is 1. The predicted molar refractivity (Wildman–Crippen MR) is 86.9 cm³/mol. The molecule has 0 amide bonds. The SMILES string of the molecule is CCCNCC(C)S(=O)(=O)Nc1cccc2cnccc12. The Bertz CT molecular complexity index is 696. The van der Waals surface area contributed by atoms with E-state index in [4.69, 9.17) is 0 Å². The molecule has 1 unspecified atom stereocenters. The minimum atomic E-state index is -3.42. The van der Waals surface area contributed by atoms with E-state index in [2.05, 4.69) is 21.9 Å². The summed E-state index contributed by atoms with van der Waals surface area (Å²) >= 11 is 0. The molecule has 2 aromatic rings. The molecule has 0 radical (unpaired) electrons. The van der Waals surface area contributed by atoms with Gasteiger partial charge in [0.05, 0.1) is 10.9 Å². The highest BCUT2D eigenvalue weighted by Crippen LogP contribution is 2.23. The minimum absolute atomic E-state index is 0.440. The molecule has 2 rings (SSSR count). The summed E-state index contributed by atoms with van der Waals surface area (Å²) in [6, 6.07) is 7.31. The number of hydrogen-bond donors (Lipinski definition) is 2. The van der Waals surface area contributed by atoms with Crippen LogP contribution in [0.5, 0.6) is 0 Å². The van der Waals surface area contributed by atoms with E-state index >= 15 is 0 Å². The van der Waals surface area contributed by atoms with Crippen LogP contribution < -0.4 is 10.0 Å². The number of hydrogen-bond acceptors (Lipinski definition) is 4. The third-order valence-electron chi connectivity index (χ3n) is 3.32. The zero-order chi connectivity index (χ0) is 15.3. The number of rotatable bonds is 7. The highest BCUT2D eigenvalue weighted by molar-refractivity contribution is 7.93. The first-order valence-electron chi connectivity index (χ1n) is 7.09. The number of anilines is 1. The number of fused-ring (bicyclic) bond motifs is 1. The Morgan fingerprint density at radius 3 is 2.86 bits per heavy atom. The molecule has 0 aliphatic heterocycles. The molecule has 0 aliphatic rings. The second kappa shape index (κ2) is 6.87. The van der Waals surface area contributed by atoms with Gasteiger partial charge in [-0.15, -0.1) is 0 Å². The Balaban J connectivity index is 2.19. The Hall–Kier alpha value is -1.66. The van der Waals surface area contributed by atoms with Gasteiger partial charge < -0.3 is 5.32 Å². The third kappa shape index (κ3) is 3.92. The van der Waals surface area contributed by atoms with Crippen LogP contribution in [-0.2, 0) is 10.0 Å². The van der Waals surface area contributed by atoms with Crippen LogP contribution >= 0.6 is 0 Å². The molecule has 6 heteroatoms. The van der Waals surface area contributed by atoms with Gasteiger partial charge in [-0.2, -0.15) is 0 Å². The average molecular weight is 307 g/mol. The normalized spacial score (nSPS) is 13.2. The first-order chi connectivity index (χ1) is 10.0. The number of sulfonamides is 1. The lowest BCUT2D eigenvalue weighted by molar-refractivity contribution is 0.576.